The third-order valence-corrected chi connectivity index (χ3v) is 2.11. The first-order chi connectivity index (χ1) is 6.60. The van der Waals surface area contributed by atoms with Crippen molar-refractivity contribution in [3.05, 3.63) is 0 Å². The number of ether oxygens (including phenoxy) is 2. The molecule has 0 N–H and O–H groups in total. The highest BCUT2D eigenvalue weighted by molar-refractivity contribution is 5.74. The Morgan fingerprint density at radius 3 is 2.00 bits per heavy atom. The van der Waals surface area contributed by atoms with Gasteiger partial charge in [0.15, 0.2) is 0 Å². The molecule has 0 rings (SSSR count). The van der Waals surface area contributed by atoms with E-state index in [4.69, 9.17) is 9.47 Å². The van der Waals surface area contributed by atoms with Crippen LogP contribution in [-0.2, 0) is 19.1 Å². The standard InChI is InChI=1S/C11H19O4/c1-8(11(5,6)14-7-12)9(13)15-10(2,3)4/h8H,1-6H3. The Balaban J connectivity index is 4.50. The summed E-state index contributed by atoms with van der Waals surface area (Å²) >= 11 is 0. The van der Waals surface area contributed by atoms with Crippen molar-refractivity contribution < 1.29 is 19.1 Å². The fraction of sp³-hybridized carbons (Fsp3) is 0.818. The molecule has 4 heteroatoms. The van der Waals surface area contributed by atoms with Crippen molar-refractivity contribution in [3.8, 4) is 0 Å². The van der Waals surface area contributed by atoms with E-state index in [1.807, 2.05) is 0 Å². The SMILES string of the molecule is CC(C(=O)OC(C)(C)C)C(C)(C)O[C]=O. The van der Waals surface area contributed by atoms with Crippen molar-refractivity contribution in [2.75, 3.05) is 0 Å². The predicted octanol–water partition coefficient (Wildman–Crippen LogP) is 1.83. The summed E-state index contributed by atoms with van der Waals surface area (Å²) in [5.41, 5.74) is -1.43. The van der Waals surface area contributed by atoms with E-state index in [9.17, 15) is 9.59 Å². The van der Waals surface area contributed by atoms with Crippen molar-refractivity contribution in [3.63, 3.8) is 0 Å². The summed E-state index contributed by atoms with van der Waals surface area (Å²) in [6, 6.07) is 0. The Morgan fingerprint density at radius 2 is 1.67 bits per heavy atom. The maximum absolute atomic E-state index is 11.6. The zero-order valence-electron chi connectivity index (χ0n) is 10.2. The van der Waals surface area contributed by atoms with Crippen molar-refractivity contribution in [1.29, 1.82) is 0 Å². The van der Waals surface area contributed by atoms with E-state index in [0.29, 0.717) is 0 Å². The van der Waals surface area contributed by atoms with Crippen LogP contribution in [0.1, 0.15) is 41.5 Å². The van der Waals surface area contributed by atoms with Gasteiger partial charge in [-0.15, -0.1) is 0 Å². The topological polar surface area (TPSA) is 52.6 Å². The molecule has 0 amide bonds. The van der Waals surface area contributed by atoms with Crippen LogP contribution in [0, 0.1) is 5.92 Å². The lowest BCUT2D eigenvalue weighted by Gasteiger charge is -2.30. The molecule has 0 aromatic rings. The molecule has 0 saturated heterocycles. The minimum Gasteiger partial charge on any atom is -0.460 e. The van der Waals surface area contributed by atoms with Gasteiger partial charge in [-0.2, -0.15) is 0 Å². The quantitative estimate of drug-likeness (QED) is 0.671. The van der Waals surface area contributed by atoms with Gasteiger partial charge in [0.2, 0.25) is 0 Å². The Bertz CT molecular complexity index is 237. The molecule has 0 bridgehead atoms. The molecule has 0 saturated carbocycles. The lowest BCUT2D eigenvalue weighted by Crippen LogP contribution is -2.40. The number of carbonyl (C=O) groups excluding carboxylic acids is 2. The second kappa shape index (κ2) is 4.64. The highest BCUT2D eigenvalue weighted by atomic mass is 16.6. The van der Waals surface area contributed by atoms with Crippen LogP contribution in [0.5, 0.6) is 0 Å². The minimum atomic E-state index is -0.899. The monoisotopic (exact) mass is 215 g/mol. The maximum atomic E-state index is 11.6. The van der Waals surface area contributed by atoms with Crippen LogP contribution < -0.4 is 0 Å². The highest BCUT2D eigenvalue weighted by Gasteiger charge is 2.36. The number of hydrogen-bond acceptors (Lipinski definition) is 4. The predicted molar refractivity (Wildman–Crippen MR) is 55.9 cm³/mol. The van der Waals surface area contributed by atoms with E-state index in [1.165, 1.54) is 6.47 Å². The minimum absolute atomic E-state index is 0.386. The summed E-state index contributed by atoms with van der Waals surface area (Å²) < 4.78 is 9.90. The second-order valence-electron chi connectivity index (χ2n) is 5.04. The molecule has 0 aliphatic heterocycles. The fourth-order valence-corrected chi connectivity index (χ4v) is 0.870. The molecule has 0 spiro atoms. The van der Waals surface area contributed by atoms with Crippen molar-refractivity contribution in [1.82, 2.24) is 0 Å². The molecule has 1 atom stereocenters. The number of carbonyl (C=O) groups is 1. The number of esters is 1. The molecule has 87 valence electrons. The van der Waals surface area contributed by atoms with Gasteiger partial charge in [0, 0.05) is 0 Å². The summed E-state index contributed by atoms with van der Waals surface area (Å²) in [5.74, 6) is -0.916. The van der Waals surface area contributed by atoms with E-state index in [0.717, 1.165) is 0 Å². The first-order valence-electron chi connectivity index (χ1n) is 4.88. The van der Waals surface area contributed by atoms with Gasteiger partial charge in [-0.1, -0.05) is 0 Å². The molecule has 0 aliphatic carbocycles. The van der Waals surface area contributed by atoms with E-state index < -0.39 is 17.1 Å². The van der Waals surface area contributed by atoms with Crippen molar-refractivity contribution in [2.45, 2.75) is 52.7 Å². The number of hydrogen-bond donors (Lipinski definition) is 0. The first kappa shape index (κ1) is 13.9. The summed E-state index contributed by atoms with van der Waals surface area (Å²) in [5, 5.41) is 0. The molecule has 0 aromatic carbocycles. The van der Waals surface area contributed by atoms with Gasteiger partial charge in [0.05, 0.1) is 5.92 Å². The van der Waals surface area contributed by atoms with E-state index in [1.54, 1.807) is 41.5 Å². The van der Waals surface area contributed by atoms with E-state index in [2.05, 4.69) is 0 Å². The Morgan fingerprint density at radius 1 is 1.20 bits per heavy atom. The number of rotatable bonds is 4. The normalized spacial score (nSPS) is 14.3. The van der Waals surface area contributed by atoms with Crippen LogP contribution in [0.4, 0.5) is 0 Å². The molecule has 1 radical (unpaired) electrons. The summed E-state index contributed by atoms with van der Waals surface area (Å²) in [7, 11) is 0. The fourth-order valence-electron chi connectivity index (χ4n) is 0.870. The van der Waals surface area contributed by atoms with Gasteiger partial charge >= 0.3 is 12.4 Å². The lowest BCUT2D eigenvalue weighted by atomic mass is 9.92. The van der Waals surface area contributed by atoms with Crippen LogP contribution in [0.3, 0.4) is 0 Å². The molecule has 0 fully saturated rings. The Hall–Kier alpha value is -1.06. The average Bonchev–Trinajstić information content (AvgIpc) is 1.99. The van der Waals surface area contributed by atoms with Crippen LogP contribution in [0.15, 0.2) is 0 Å². The Kier molecular flexibility index (Phi) is 4.31. The average molecular weight is 215 g/mol. The molecule has 4 nitrogen and oxygen atoms in total. The molecule has 0 heterocycles. The van der Waals surface area contributed by atoms with Crippen LogP contribution in [0.25, 0.3) is 0 Å². The second-order valence-corrected chi connectivity index (χ2v) is 5.04. The van der Waals surface area contributed by atoms with Crippen molar-refractivity contribution in [2.24, 2.45) is 5.92 Å². The smallest absolute Gasteiger partial charge is 0.418 e. The van der Waals surface area contributed by atoms with Gasteiger partial charge < -0.3 is 9.47 Å². The molecule has 15 heavy (non-hydrogen) atoms. The first-order valence-corrected chi connectivity index (χ1v) is 4.88. The van der Waals surface area contributed by atoms with Crippen LogP contribution in [0.2, 0.25) is 0 Å². The third-order valence-electron chi connectivity index (χ3n) is 2.11. The van der Waals surface area contributed by atoms with Gasteiger partial charge in [-0.05, 0) is 41.5 Å². The summed E-state index contributed by atoms with van der Waals surface area (Å²) in [6.45, 7) is 11.7. The molecular weight excluding hydrogens is 196 g/mol. The van der Waals surface area contributed by atoms with E-state index >= 15 is 0 Å². The van der Waals surface area contributed by atoms with Crippen LogP contribution in [-0.4, -0.2) is 23.6 Å². The van der Waals surface area contributed by atoms with Gasteiger partial charge in [-0.3, -0.25) is 4.79 Å². The largest absolute Gasteiger partial charge is 0.460 e. The van der Waals surface area contributed by atoms with Gasteiger partial charge in [0.25, 0.3) is 0 Å². The lowest BCUT2D eigenvalue weighted by molar-refractivity contribution is -0.166. The molecule has 0 aromatic heterocycles. The summed E-state index contributed by atoms with van der Waals surface area (Å²) in [4.78, 5) is 21.8. The van der Waals surface area contributed by atoms with E-state index in [-0.39, 0.29) is 5.97 Å². The van der Waals surface area contributed by atoms with Crippen LogP contribution >= 0.6 is 0 Å². The van der Waals surface area contributed by atoms with Crippen molar-refractivity contribution >= 4 is 12.4 Å². The Labute approximate surface area is 90.9 Å². The maximum Gasteiger partial charge on any atom is 0.418 e. The zero-order valence-corrected chi connectivity index (χ0v) is 10.2. The molecular formula is C11H19O4. The third kappa shape index (κ3) is 4.81. The van der Waals surface area contributed by atoms with Gasteiger partial charge in [-0.25, -0.2) is 4.79 Å². The molecule has 0 aliphatic rings. The zero-order chi connectivity index (χ0) is 12.3. The van der Waals surface area contributed by atoms with Gasteiger partial charge in [0.1, 0.15) is 11.2 Å². The summed E-state index contributed by atoms with van der Waals surface area (Å²) in [6.07, 6.45) is 0. The highest BCUT2D eigenvalue weighted by Crippen LogP contribution is 2.23. The molecule has 1 unspecified atom stereocenters.